The Labute approximate surface area is 135 Å². The number of esters is 1. The van der Waals surface area contributed by atoms with Crippen LogP contribution in [0.4, 0.5) is 8.78 Å². The first-order valence-corrected chi connectivity index (χ1v) is 6.74. The van der Waals surface area contributed by atoms with Gasteiger partial charge in [-0.05, 0) is 24.5 Å². The second-order valence-electron chi connectivity index (χ2n) is 4.98. The molecule has 0 radical (unpaired) electrons. The van der Waals surface area contributed by atoms with Crippen LogP contribution in [0.3, 0.4) is 0 Å². The second-order valence-corrected chi connectivity index (χ2v) is 4.98. The van der Waals surface area contributed by atoms with Crippen molar-refractivity contribution in [1.82, 2.24) is 0 Å². The van der Waals surface area contributed by atoms with Crippen LogP contribution < -0.4 is 10.5 Å². The fourth-order valence-electron chi connectivity index (χ4n) is 1.90. The maximum Gasteiger partial charge on any atom is 0.379 e. The van der Waals surface area contributed by atoms with Gasteiger partial charge in [-0.3, -0.25) is 0 Å². The average molecular weight is 338 g/mol. The standard InChI is InChI=1S/C15H21F2NO3.ClH/c1-5-21-14(19)15(16,17)13(18)11-8-10(9(2)3)6-7-12(11)20-4;/h6-9,13H,5,18H2,1-4H3;1H/t13-;/m0./s1. The van der Waals surface area contributed by atoms with E-state index >= 15 is 0 Å². The molecule has 0 saturated heterocycles. The quantitative estimate of drug-likeness (QED) is 0.808. The van der Waals surface area contributed by atoms with Gasteiger partial charge in [-0.25, -0.2) is 4.79 Å². The molecule has 0 heterocycles. The third-order valence-electron chi connectivity index (χ3n) is 3.19. The highest BCUT2D eigenvalue weighted by Crippen LogP contribution is 2.37. The van der Waals surface area contributed by atoms with Crippen molar-refractivity contribution in [3.05, 3.63) is 29.3 Å². The van der Waals surface area contributed by atoms with Crippen LogP contribution in [-0.4, -0.2) is 25.6 Å². The lowest BCUT2D eigenvalue weighted by molar-refractivity contribution is -0.174. The number of benzene rings is 1. The minimum absolute atomic E-state index is 0. The Morgan fingerprint density at radius 2 is 1.95 bits per heavy atom. The second kappa shape index (κ2) is 8.29. The van der Waals surface area contributed by atoms with Crippen LogP contribution in [-0.2, 0) is 9.53 Å². The Balaban J connectivity index is 0.00000441. The molecular weight excluding hydrogens is 316 g/mol. The fourth-order valence-corrected chi connectivity index (χ4v) is 1.90. The maximum atomic E-state index is 14.1. The summed E-state index contributed by atoms with van der Waals surface area (Å²) in [4.78, 5) is 11.4. The summed E-state index contributed by atoms with van der Waals surface area (Å²) >= 11 is 0. The summed E-state index contributed by atoms with van der Waals surface area (Å²) in [6.45, 7) is 5.19. The zero-order chi connectivity index (χ0) is 16.2. The summed E-state index contributed by atoms with van der Waals surface area (Å²) in [6, 6.07) is 3.07. The van der Waals surface area contributed by atoms with Crippen molar-refractivity contribution in [3.8, 4) is 5.75 Å². The molecule has 1 aromatic carbocycles. The SMILES string of the molecule is CCOC(=O)C(F)(F)[C@@H](N)c1cc(C(C)C)ccc1OC.Cl. The van der Waals surface area contributed by atoms with Gasteiger partial charge in [0, 0.05) is 5.56 Å². The Kier molecular flexibility index (Phi) is 7.76. The molecular formula is C15H22ClF2NO3. The van der Waals surface area contributed by atoms with E-state index in [1.54, 1.807) is 18.2 Å². The molecule has 0 spiro atoms. The highest BCUT2D eigenvalue weighted by Gasteiger charge is 2.48. The van der Waals surface area contributed by atoms with E-state index in [2.05, 4.69) is 4.74 Å². The van der Waals surface area contributed by atoms with Crippen molar-refractivity contribution in [2.75, 3.05) is 13.7 Å². The average Bonchev–Trinajstić information content (AvgIpc) is 2.45. The summed E-state index contributed by atoms with van der Waals surface area (Å²) in [7, 11) is 1.36. The van der Waals surface area contributed by atoms with Crippen LogP contribution in [0.15, 0.2) is 18.2 Å². The highest BCUT2D eigenvalue weighted by molar-refractivity contribution is 5.85. The first-order valence-electron chi connectivity index (χ1n) is 6.74. The predicted octanol–water partition coefficient (Wildman–Crippen LogP) is 3.44. The molecule has 0 aromatic heterocycles. The molecule has 126 valence electrons. The topological polar surface area (TPSA) is 61.5 Å². The van der Waals surface area contributed by atoms with Crippen LogP contribution in [0, 0.1) is 0 Å². The summed E-state index contributed by atoms with van der Waals surface area (Å²) in [5, 5.41) is 0. The fraction of sp³-hybridized carbons (Fsp3) is 0.533. The largest absolute Gasteiger partial charge is 0.496 e. The Bertz CT molecular complexity index is 510. The molecule has 0 amide bonds. The van der Waals surface area contributed by atoms with E-state index in [9.17, 15) is 13.6 Å². The van der Waals surface area contributed by atoms with E-state index in [0.29, 0.717) is 0 Å². The van der Waals surface area contributed by atoms with Gasteiger partial charge in [0.05, 0.1) is 13.7 Å². The number of hydrogen-bond acceptors (Lipinski definition) is 4. The lowest BCUT2D eigenvalue weighted by Gasteiger charge is -2.24. The number of rotatable bonds is 6. The summed E-state index contributed by atoms with van der Waals surface area (Å²) in [5.41, 5.74) is 6.54. The molecule has 0 saturated carbocycles. The van der Waals surface area contributed by atoms with Crippen molar-refractivity contribution in [3.63, 3.8) is 0 Å². The van der Waals surface area contributed by atoms with Crippen molar-refractivity contribution in [2.45, 2.75) is 38.7 Å². The first-order chi connectivity index (χ1) is 9.75. The van der Waals surface area contributed by atoms with Gasteiger partial charge < -0.3 is 15.2 Å². The number of carbonyl (C=O) groups excluding carboxylic acids is 1. The van der Waals surface area contributed by atoms with Crippen molar-refractivity contribution in [2.24, 2.45) is 5.73 Å². The summed E-state index contributed by atoms with van der Waals surface area (Å²) in [5.74, 6) is -5.10. The third-order valence-corrected chi connectivity index (χ3v) is 3.19. The van der Waals surface area contributed by atoms with E-state index in [1.807, 2.05) is 13.8 Å². The number of halogens is 3. The number of ether oxygens (including phenoxy) is 2. The Morgan fingerprint density at radius 3 is 2.41 bits per heavy atom. The maximum absolute atomic E-state index is 14.1. The first kappa shape index (κ1) is 20.6. The Morgan fingerprint density at radius 1 is 1.36 bits per heavy atom. The number of alkyl halides is 2. The lowest BCUT2D eigenvalue weighted by Crippen LogP contribution is -2.42. The molecule has 1 rings (SSSR count). The van der Waals surface area contributed by atoms with Gasteiger partial charge in [0.25, 0.3) is 0 Å². The van der Waals surface area contributed by atoms with Gasteiger partial charge >= 0.3 is 11.9 Å². The number of hydrogen-bond donors (Lipinski definition) is 1. The van der Waals surface area contributed by atoms with Crippen LogP contribution in [0.2, 0.25) is 0 Å². The van der Waals surface area contributed by atoms with Gasteiger partial charge in [-0.15, -0.1) is 12.4 Å². The zero-order valence-electron chi connectivity index (χ0n) is 13.1. The molecule has 0 aliphatic rings. The van der Waals surface area contributed by atoms with Crippen molar-refractivity contribution in [1.29, 1.82) is 0 Å². The van der Waals surface area contributed by atoms with E-state index in [4.69, 9.17) is 10.5 Å². The molecule has 1 atom stereocenters. The zero-order valence-corrected chi connectivity index (χ0v) is 13.9. The van der Waals surface area contributed by atoms with Gasteiger partial charge in [-0.1, -0.05) is 26.0 Å². The van der Waals surface area contributed by atoms with Gasteiger partial charge in [-0.2, -0.15) is 8.78 Å². The van der Waals surface area contributed by atoms with Crippen LogP contribution in [0.25, 0.3) is 0 Å². The van der Waals surface area contributed by atoms with Crippen molar-refractivity contribution < 1.29 is 23.0 Å². The highest BCUT2D eigenvalue weighted by atomic mass is 35.5. The van der Waals surface area contributed by atoms with Crippen LogP contribution in [0.1, 0.15) is 43.9 Å². The van der Waals surface area contributed by atoms with E-state index in [0.717, 1.165) is 5.56 Å². The molecule has 0 bridgehead atoms. The normalized spacial score (nSPS) is 12.5. The minimum atomic E-state index is -3.82. The molecule has 7 heteroatoms. The van der Waals surface area contributed by atoms with Crippen molar-refractivity contribution >= 4 is 18.4 Å². The minimum Gasteiger partial charge on any atom is -0.496 e. The van der Waals surface area contributed by atoms with Gasteiger partial charge in [0.1, 0.15) is 11.8 Å². The van der Waals surface area contributed by atoms with E-state index < -0.39 is 17.9 Å². The summed E-state index contributed by atoms with van der Waals surface area (Å²) in [6.07, 6.45) is 0. The van der Waals surface area contributed by atoms with Gasteiger partial charge in [0.15, 0.2) is 0 Å². The summed E-state index contributed by atoms with van der Waals surface area (Å²) < 4.78 is 37.6. The smallest absolute Gasteiger partial charge is 0.379 e. The third kappa shape index (κ3) is 4.30. The van der Waals surface area contributed by atoms with Crippen LogP contribution in [0.5, 0.6) is 5.75 Å². The monoisotopic (exact) mass is 337 g/mol. The molecule has 1 aromatic rings. The molecule has 0 fully saturated rings. The molecule has 0 aliphatic heterocycles. The molecule has 4 nitrogen and oxygen atoms in total. The van der Waals surface area contributed by atoms with E-state index in [-0.39, 0.29) is 36.2 Å². The van der Waals surface area contributed by atoms with Gasteiger partial charge in [0.2, 0.25) is 0 Å². The number of nitrogens with two attached hydrogens (primary N) is 1. The predicted molar refractivity (Wildman–Crippen MR) is 82.8 cm³/mol. The Hall–Kier alpha value is -1.40. The molecule has 2 N–H and O–H groups in total. The molecule has 0 unspecified atom stereocenters. The number of methoxy groups -OCH3 is 1. The number of carbonyl (C=O) groups is 1. The van der Waals surface area contributed by atoms with Crippen LogP contribution >= 0.6 is 12.4 Å². The molecule has 22 heavy (non-hydrogen) atoms. The van der Waals surface area contributed by atoms with E-state index in [1.165, 1.54) is 14.0 Å². The lowest BCUT2D eigenvalue weighted by atomic mass is 9.94. The molecule has 0 aliphatic carbocycles.